The Morgan fingerprint density at radius 2 is 2.00 bits per heavy atom. The van der Waals surface area contributed by atoms with Crippen molar-refractivity contribution in [3.63, 3.8) is 0 Å². The minimum Gasteiger partial charge on any atom is -0.497 e. The first-order chi connectivity index (χ1) is 9.28. The Kier molecular flexibility index (Phi) is 5.03. The molecular formula is C14H20N2O3. The zero-order chi connectivity index (χ0) is 13.5. The maximum atomic E-state index is 11.7. The van der Waals surface area contributed by atoms with Gasteiger partial charge in [-0.25, -0.2) is 4.79 Å². The van der Waals surface area contributed by atoms with Crippen LogP contribution in [0.25, 0.3) is 0 Å². The first-order valence-electron chi connectivity index (χ1n) is 6.54. The molecule has 1 aromatic rings. The number of anilines is 1. The van der Waals surface area contributed by atoms with Crippen molar-refractivity contribution in [1.29, 1.82) is 0 Å². The molecule has 1 aromatic carbocycles. The van der Waals surface area contributed by atoms with Gasteiger partial charge in [-0.15, -0.1) is 0 Å². The highest BCUT2D eigenvalue weighted by Crippen LogP contribution is 2.15. The van der Waals surface area contributed by atoms with Crippen LogP contribution in [0.2, 0.25) is 0 Å². The highest BCUT2D eigenvalue weighted by atomic mass is 16.5. The second-order valence-electron chi connectivity index (χ2n) is 4.62. The van der Waals surface area contributed by atoms with E-state index in [-0.39, 0.29) is 6.03 Å². The van der Waals surface area contributed by atoms with Crippen LogP contribution in [0.3, 0.4) is 0 Å². The highest BCUT2D eigenvalue weighted by molar-refractivity contribution is 5.89. The van der Waals surface area contributed by atoms with Crippen LogP contribution < -0.4 is 15.4 Å². The average molecular weight is 264 g/mol. The van der Waals surface area contributed by atoms with E-state index < -0.39 is 0 Å². The average Bonchev–Trinajstić information content (AvgIpc) is 2.47. The molecule has 0 saturated carbocycles. The van der Waals surface area contributed by atoms with Crippen molar-refractivity contribution >= 4 is 11.7 Å². The minimum absolute atomic E-state index is 0.170. The summed E-state index contributed by atoms with van der Waals surface area (Å²) in [6.45, 7) is 2.30. The van der Waals surface area contributed by atoms with Crippen LogP contribution in [0.5, 0.6) is 5.75 Å². The van der Waals surface area contributed by atoms with E-state index in [4.69, 9.17) is 9.47 Å². The number of urea groups is 1. The molecule has 1 saturated heterocycles. The predicted molar refractivity (Wildman–Crippen MR) is 73.6 cm³/mol. The third-order valence-corrected chi connectivity index (χ3v) is 3.24. The molecule has 0 bridgehead atoms. The van der Waals surface area contributed by atoms with Crippen molar-refractivity contribution < 1.29 is 14.3 Å². The third kappa shape index (κ3) is 4.44. The van der Waals surface area contributed by atoms with Gasteiger partial charge in [0.25, 0.3) is 0 Å². The van der Waals surface area contributed by atoms with Crippen molar-refractivity contribution in [2.24, 2.45) is 5.92 Å². The maximum Gasteiger partial charge on any atom is 0.319 e. The molecule has 5 nitrogen and oxygen atoms in total. The number of hydrogen-bond acceptors (Lipinski definition) is 3. The number of methoxy groups -OCH3 is 1. The summed E-state index contributed by atoms with van der Waals surface area (Å²) in [6, 6.07) is 7.08. The smallest absolute Gasteiger partial charge is 0.319 e. The first kappa shape index (κ1) is 13.7. The summed E-state index contributed by atoms with van der Waals surface area (Å²) in [5, 5.41) is 5.69. The fraction of sp³-hybridized carbons (Fsp3) is 0.500. The molecule has 2 amide bonds. The summed E-state index contributed by atoms with van der Waals surface area (Å²) in [7, 11) is 1.61. The molecule has 1 fully saturated rings. The number of rotatable bonds is 4. The van der Waals surface area contributed by atoms with Crippen LogP contribution in [0.4, 0.5) is 10.5 Å². The highest BCUT2D eigenvalue weighted by Gasteiger charge is 2.14. The Morgan fingerprint density at radius 1 is 1.32 bits per heavy atom. The second kappa shape index (κ2) is 6.99. The van der Waals surface area contributed by atoms with Crippen LogP contribution in [-0.4, -0.2) is 32.9 Å². The van der Waals surface area contributed by atoms with Crippen LogP contribution >= 0.6 is 0 Å². The van der Waals surface area contributed by atoms with E-state index in [9.17, 15) is 4.79 Å². The van der Waals surface area contributed by atoms with Gasteiger partial charge in [-0.05, 0) is 43.0 Å². The van der Waals surface area contributed by atoms with Crippen LogP contribution in [-0.2, 0) is 4.74 Å². The van der Waals surface area contributed by atoms with Crippen molar-refractivity contribution in [3.8, 4) is 5.75 Å². The Bertz CT molecular complexity index is 400. The molecule has 0 radical (unpaired) electrons. The lowest BCUT2D eigenvalue weighted by Gasteiger charge is -2.22. The number of ether oxygens (including phenoxy) is 2. The molecule has 1 aliphatic heterocycles. The van der Waals surface area contributed by atoms with Gasteiger partial charge in [-0.1, -0.05) is 0 Å². The van der Waals surface area contributed by atoms with Gasteiger partial charge in [0.05, 0.1) is 7.11 Å². The van der Waals surface area contributed by atoms with Crippen molar-refractivity contribution in [3.05, 3.63) is 24.3 Å². The van der Waals surface area contributed by atoms with Gasteiger partial charge in [0.2, 0.25) is 0 Å². The molecule has 19 heavy (non-hydrogen) atoms. The van der Waals surface area contributed by atoms with Gasteiger partial charge in [-0.3, -0.25) is 0 Å². The standard InChI is InChI=1S/C14H20N2O3/c1-18-13-4-2-12(3-5-13)16-14(17)15-10-11-6-8-19-9-7-11/h2-5,11H,6-10H2,1H3,(H2,15,16,17). The van der Waals surface area contributed by atoms with E-state index in [1.807, 2.05) is 24.3 Å². The number of hydrogen-bond donors (Lipinski definition) is 2. The van der Waals surface area contributed by atoms with E-state index in [1.165, 1.54) is 0 Å². The lowest BCUT2D eigenvalue weighted by Crippen LogP contribution is -2.35. The van der Waals surface area contributed by atoms with Gasteiger partial charge in [0.15, 0.2) is 0 Å². The molecular weight excluding hydrogens is 244 g/mol. The summed E-state index contributed by atoms with van der Waals surface area (Å²) in [5.74, 6) is 1.29. The van der Waals surface area contributed by atoms with Crippen molar-refractivity contribution in [2.45, 2.75) is 12.8 Å². The molecule has 2 rings (SSSR count). The zero-order valence-electron chi connectivity index (χ0n) is 11.1. The molecule has 0 aromatic heterocycles. The van der Waals surface area contributed by atoms with E-state index >= 15 is 0 Å². The van der Waals surface area contributed by atoms with Crippen LogP contribution in [0.15, 0.2) is 24.3 Å². The van der Waals surface area contributed by atoms with Gasteiger partial charge in [0.1, 0.15) is 5.75 Å². The molecule has 0 spiro atoms. The molecule has 5 heteroatoms. The number of nitrogens with one attached hydrogen (secondary N) is 2. The SMILES string of the molecule is COc1ccc(NC(=O)NCC2CCOCC2)cc1. The van der Waals surface area contributed by atoms with Crippen LogP contribution in [0, 0.1) is 5.92 Å². The Hall–Kier alpha value is -1.75. The summed E-state index contributed by atoms with van der Waals surface area (Å²) in [5.41, 5.74) is 0.755. The molecule has 1 aliphatic rings. The summed E-state index contributed by atoms with van der Waals surface area (Å²) >= 11 is 0. The first-order valence-corrected chi connectivity index (χ1v) is 6.54. The fourth-order valence-corrected chi connectivity index (χ4v) is 2.04. The van der Waals surface area contributed by atoms with E-state index in [0.29, 0.717) is 12.5 Å². The fourth-order valence-electron chi connectivity index (χ4n) is 2.04. The molecule has 0 aliphatic carbocycles. The predicted octanol–water partition coefficient (Wildman–Crippen LogP) is 2.24. The largest absolute Gasteiger partial charge is 0.497 e. The Morgan fingerprint density at radius 3 is 2.63 bits per heavy atom. The maximum absolute atomic E-state index is 11.7. The topological polar surface area (TPSA) is 59.6 Å². The molecule has 104 valence electrons. The minimum atomic E-state index is -0.170. The normalized spacial score (nSPS) is 15.8. The zero-order valence-corrected chi connectivity index (χ0v) is 11.1. The van der Waals surface area contributed by atoms with Crippen molar-refractivity contribution in [1.82, 2.24) is 5.32 Å². The molecule has 0 unspecified atom stereocenters. The van der Waals surface area contributed by atoms with Gasteiger partial charge >= 0.3 is 6.03 Å². The van der Waals surface area contributed by atoms with E-state index in [2.05, 4.69) is 10.6 Å². The van der Waals surface area contributed by atoms with Gasteiger partial charge in [0, 0.05) is 25.4 Å². The quantitative estimate of drug-likeness (QED) is 0.876. The number of amides is 2. The van der Waals surface area contributed by atoms with E-state index in [0.717, 1.165) is 37.5 Å². The second-order valence-corrected chi connectivity index (χ2v) is 4.62. The molecule has 0 atom stereocenters. The lowest BCUT2D eigenvalue weighted by atomic mass is 10.0. The number of carbonyl (C=O) groups excluding carboxylic acids is 1. The van der Waals surface area contributed by atoms with Crippen molar-refractivity contribution in [2.75, 3.05) is 32.2 Å². The summed E-state index contributed by atoms with van der Waals surface area (Å²) < 4.78 is 10.3. The van der Waals surface area contributed by atoms with Crippen LogP contribution in [0.1, 0.15) is 12.8 Å². The number of carbonyl (C=O) groups is 1. The lowest BCUT2D eigenvalue weighted by molar-refractivity contribution is 0.0671. The van der Waals surface area contributed by atoms with Gasteiger partial charge in [-0.2, -0.15) is 0 Å². The molecule has 1 heterocycles. The summed E-state index contributed by atoms with van der Waals surface area (Å²) in [6.07, 6.45) is 2.03. The van der Waals surface area contributed by atoms with Gasteiger partial charge < -0.3 is 20.1 Å². The number of benzene rings is 1. The Balaban J connectivity index is 1.73. The molecule has 2 N–H and O–H groups in total. The monoisotopic (exact) mass is 264 g/mol. The van der Waals surface area contributed by atoms with E-state index in [1.54, 1.807) is 7.11 Å². The summed E-state index contributed by atoms with van der Waals surface area (Å²) in [4.78, 5) is 11.7. The Labute approximate surface area is 113 Å². The third-order valence-electron chi connectivity index (χ3n) is 3.24.